The van der Waals surface area contributed by atoms with Gasteiger partial charge in [-0.3, -0.25) is 4.79 Å². The van der Waals surface area contributed by atoms with Crippen LogP contribution in [0.2, 0.25) is 0 Å². The summed E-state index contributed by atoms with van der Waals surface area (Å²) in [6.45, 7) is 6.29. The van der Waals surface area contributed by atoms with Crippen LogP contribution >= 0.6 is 0 Å². The monoisotopic (exact) mass is 183 g/mol. The molecule has 3 heteroatoms. The third kappa shape index (κ3) is 6.18. The Bertz CT molecular complexity index is 223. The summed E-state index contributed by atoms with van der Waals surface area (Å²) in [5.41, 5.74) is -0.0696. The summed E-state index contributed by atoms with van der Waals surface area (Å²) in [7, 11) is 0. The highest BCUT2D eigenvalue weighted by molar-refractivity contribution is 5.93. The van der Waals surface area contributed by atoms with E-state index in [1.807, 2.05) is 13.8 Å². The molecule has 0 fully saturated rings. The summed E-state index contributed by atoms with van der Waals surface area (Å²) in [5, 5.41) is 11.4. The normalized spacial score (nSPS) is 10.2. The standard InChI is InChI=1S/C10H17NO2/c1-4-5-9(13)11-8-10(2,3)6-7-12/h12H,6-8H2,1-3H3,(H,11,13). The van der Waals surface area contributed by atoms with Gasteiger partial charge in [0.05, 0.1) is 0 Å². The van der Waals surface area contributed by atoms with E-state index >= 15 is 0 Å². The number of aliphatic hydroxyl groups excluding tert-OH is 1. The summed E-state index contributed by atoms with van der Waals surface area (Å²) in [6.07, 6.45) is 0.673. The third-order valence-corrected chi connectivity index (χ3v) is 1.75. The van der Waals surface area contributed by atoms with Gasteiger partial charge in [0.2, 0.25) is 0 Å². The summed E-state index contributed by atoms with van der Waals surface area (Å²) < 4.78 is 0. The van der Waals surface area contributed by atoms with E-state index in [9.17, 15) is 4.79 Å². The second kappa shape index (κ2) is 5.60. The molecular weight excluding hydrogens is 166 g/mol. The van der Waals surface area contributed by atoms with E-state index in [1.165, 1.54) is 0 Å². The number of amides is 1. The minimum Gasteiger partial charge on any atom is -0.396 e. The van der Waals surface area contributed by atoms with E-state index in [4.69, 9.17) is 5.11 Å². The number of hydrogen-bond acceptors (Lipinski definition) is 2. The molecule has 0 saturated carbocycles. The molecule has 0 aliphatic heterocycles. The average Bonchev–Trinajstić information content (AvgIpc) is 2.02. The molecule has 0 bridgehead atoms. The number of aliphatic hydroxyl groups is 1. The van der Waals surface area contributed by atoms with Gasteiger partial charge in [-0.25, -0.2) is 0 Å². The molecule has 13 heavy (non-hydrogen) atoms. The Morgan fingerprint density at radius 2 is 2.15 bits per heavy atom. The smallest absolute Gasteiger partial charge is 0.295 e. The van der Waals surface area contributed by atoms with E-state index in [1.54, 1.807) is 6.92 Å². The number of carbonyl (C=O) groups is 1. The van der Waals surface area contributed by atoms with Crippen LogP contribution in [0.4, 0.5) is 0 Å². The molecule has 74 valence electrons. The largest absolute Gasteiger partial charge is 0.396 e. The Kier molecular flexibility index (Phi) is 5.17. The first-order valence-corrected chi connectivity index (χ1v) is 4.33. The van der Waals surface area contributed by atoms with Gasteiger partial charge < -0.3 is 10.4 Å². The summed E-state index contributed by atoms with van der Waals surface area (Å²) in [4.78, 5) is 10.9. The molecule has 0 saturated heterocycles. The second-order valence-electron chi connectivity index (χ2n) is 3.70. The van der Waals surface area contributed by atoms with Crippen LogP contribution in [-0.4, -0.2) is 24.2 Å². The maximum atomic E-state index is 10.9. The lowest BCUT2D eigenvalue weighted by molar-refractivity contribution is -0.116. The van der Waals surface area contributed by atoms with Crippen molar-refractivity contribution in [2.24, 2.45) is 5.41 Å². The molecule has 0 aliphatic carbocycles. The SMILES string of the molecule is CC#CC(=O)NCC(C)(C)CCO. The third-order valence-electron chi connectivity index (χ3n) is 1.75. The van der Waals surface area contributed by atoms with Crippen LogP contribution in [0.15, 0.2) is 0 Å². The molecule has 0 heterocycles. The lowest BCUT2D eigenvalue weighted by atomic mass is 9.90. The molecule has 0 aromatic carbocycles. The molecule has 0 aliphatic rings. The van der Waals surface area contributed by atoms with Crippen LogP contribution in [0.3, 0.4) is 0 Å². The Labute approximate surface area is 79.5 Å². The molecular formula is C10H17NO2. The first-order valence-electron chi connectivity index (χ1n) is 4.33. The van der Waals surface area contributed by atoms with Gasteiger partial charge in [0, 0.05) is 13.2 Å². The zero-order valence-electron chi connectivity index (χ0n) is 8.48. The quantitative estimate of drug-likeness (QED) is 0.625. The Balaban J connectivity index is 3.84. The minimum atomic E-state index is -0.256. The average molecular weight is 183 g/mol. The second-order valence-corrected chi connectivity index (χ2v) is 3.70. The van der Waals surface area contributed by atoms with Crippen molar-refractivity contribution in [3.05, 3.63) is 0 Å². The van der Waals surface area contributed by atoms with Gasteiger partial charge in [0.1, 0.15) is 0 Å². The van der Waals surface area contributed by atoms with Crippen LogP contribution in [0, 0.1) is 17.3 Å². The lowest BCUT2D eigenvalue weighted by Gasteiger charge is -2.22. The summed E-state index contributed by atoms with van der Waals surface area (Å²) in [5.74, 6) is 4.67. The molecule has 0 atom stereocenters. The van der Waals surface area contributed by atoms with Gasteiger partial charge in [-0.05, 0) is 24.7 Å². The van der Waals surface area contributed by atoms with Crippen molar-refractivity contribution < 1.29 is 9.90 Å². The molecule has 1 amide bonds. The van der Waals surface area contributed by atoms with E-state index in [2.05, 4.69) is 17.2 Å². The number of carbonyl (C=O) groups excluding carboxylic acids is 1. The zero-order chi connectivity index (χ0) is 10.3. The van der Waals surface area contributed by atoms with Crippen LogP contribution in [-0.2, 0) is 4.79 Å². The Hall–Kier alpha value is -1.01. The Morgan fingerprint density at radius 3 is 2.62 bits per heavy atom. The van der Waals surface area contributed by atoms with Crippen molar-refractivity contribution in [1.29, 1.82) is 0 Å². The molecule has 2 N–H and O–H groups in total. The maximum absolute atomic E-state index is 10.9. The van der Waals surface area contributed by atoms with Crippen molar-refractivity contribution in [2.45, 2.75) is 27.2 Å². The number of rotatable bonds is 4. The first-order chi connectivity index (χ1) is 6.02. The molecule has 3 nitrogen and oxygen atoms in total. The van der Waals surface area contributed by atoms with Gasteiger partial charge in [-0.15, -0.1) is 0 Å². The predicted molar refractivity (Wildman–Crippen MR) is 51.9 cm³/mol. The highest BCUT2D eigenvalue weighted by atomic mass is 16.3. The number of nitrogens with one attached hydrogen (secondary N) is 1. The molecule has 0 spiro atoms. The van der Waals surface area contributed by atoms with Crippen molar-refractivity contribution in [2.75, 3.05) is 13.2 Å². The molecule has 0 radical (unpaired) electrons. The summed E-state index contributed by atoms with van der Waals surface area (Å²) >= 11 is 0. The van der Waals surface area contributed by atoms with Gasteiger partial charge in [-0.1, -0.05) is 19.8 Å². The topological polar surface area (TPSA) is 49.3 Å². The molecule has 0 rings (SSSR count). The van der Waals surface area contributed by atoms with Crippen molar-refractivity contribution in [1.82, 2.24) is 5.32 Å². The van der Waals surface area contributed by atoms with Gasteiger partial charge in [0.15, 0.2) is 0 Å². The van der Waals surface area contributed by atoms with E-state index in [0.717, 1.165) is 0 Å². The van der Waals surface area contributed by atoms with Crippen molar-refractivity contribution in [3.63, 3.8) is 0 Å². The fourth-order valence-corrected chi connectivity index (χ4v) is 0.868. The summed E-state index contributed by atoms with van der Waals surface area (Å²) in [6, 6.07) is 0. The van der Waals surface area contributed by atoms with Gasteiger partial charge in [-0.2, -0.15) is 0 Å². The van der Waals surface area contributed by atoms with Crippen molar-refractivity contribution in [3.8, 4) is 11.8 Å². The maximum Gasteiger partial charge on any atom is 0.295 e. The fourth-order valence-electron chi connectivity index (χ4n) is 0.868. The van der Waals surface area contributed by atoms with Crippen molar-refractivity contribution >= 4 is 5.91 Å². The van der Waals surface area contributed by atoms with Crippen LogP contribution in [0.25, 0.3) is 0 Å². The van der Waals surface area contributed by atoms with E-state index in [0.29, 0.717) is 13.0 Å². The van der Waals surface area contributed by atoms with Gasteiger partial charge >= 0.3 is 0 Å². The molecule has 0 aromatic heterocycles. The van der Waals surface area contributed by atoms with Crippen LogP contribution < -0.4 is 5.32 Å². The van der Waals surface area contributed by atoms with E-state index < -0.39 is 0 Å². The van der Waals surface area contributed by atoms with Crippen LogP contribution in [0.5, 0.6) is 0 Å². The molecule has 0 unspecified atom stereocenters. The van der Waals surface area contributed by atoms with Gasteiger partial charge in [0.25, 0.3) is 5.91 Å². The minimum absolute atomic E-state index is 0.0696. The highest BCUT2D eigenvalue weighted by Crippen LogP contribution is 2.17. The predicted octanol–water partition coefficient (Wildman–Crippen LogP) is 0.534. The van der Waals surface area contributed by atoms with Crippen LogP contribution in [0.1, 0.15) is 27.2 Å². The Morgan fingerprint density at radius 1 is 1.54 bits per heavy atom. The van der Waals surface area contributed by atoms with E-state index in [-0.39, 0.29) is 17.9 Å². The lowest BCUT2D eigenvalue weighted by Crippen LogP contribution is -2.33. The first kappa shape index (κ1) is 12.0. The fraction of sp³-hybridized carbons (Fsp3) is 0.700. The molecule has 0 aromatic rings. The highest BCUT2D eigenvalue weighted by Gasteiger charge is 2.17. The zero-order valence-corrected chi connectivity index (χ0v) is 8.48. The number of hydrogen-bond donors (Lipinski definition) is 2.